The highest BCUT2D eigenvalue weighted by atomic mass is 32.1. The van der Waals surface area contributed by atoms with E-state index in [4.69, 9.17) is 4.98 Å². The Labute approximate surface area is 155 Å². The normalized spacial score (nSPS) is 11.0. The number of aryl methyl sites for hydroxylation is 1. The molecular formula is C20H18N4OS. The predicted octanol–water partition coefficient (Wildman–Crippen LogP) is 4.82. The van der Waals surface area contributed by atoms with Crippen molar-refractivity contribution in [3.05, 3.63) is 65.7 Å². The molecule has 3 aromatic heterocycles. The van der Waals surface area contributed by atoms with Crippen LogP contribution in [0.5, 0.6) is 0 Å². The first-order chi connectivity index (χ1) is 12.8. The molecule has 0 saturated carbocycles. The van der Waals surface area contributed by atoms with Crippen LogP contribution in [0.3, 0.4) is 0 Å². The van der Waals surface area contributed by atoms with E-state index in [-0.39, 0.29) is 5.91 Å². The van der Waals surface area contributed by atoms with Gasteiger partial charge in [-0.3, -0.25) is 4.79 Å². The first kappa shape index (κ1) is 16.5. The second-order valence-electron chi connectivity index (χ2n) is 5.94. The van der Waals surface area contributed by atoms with Gasteiger partial charge in [-0.05, 0) is 30.0 Å². The first-order valence-electron chi connectivity index (χ1n) is 8.53. The number of carbonyl (C=O) groups excluding carboxylic acids is 1. The fourth-order valence-electron chi connectivity index (χ4n) is 2.93. The molecule has 0 aliphatic heterocycles. The molecule has 1 amide bonds. The zero-order valence-electron chi connectivity index (χ0n) is 14.3. The van der Waals surface area contributed by atoms with Crippen molar-refractivity contribution in [3.63, 3.8) is 0 Å². The van der Waals surface area contributed by atoms with Crippen molar-refractivity contribution >= 4 is 34.0 Å². The quantitative estimate of drug-likeness (QED) is 0.553. The van der Waals surface area contributed by atoms with E-state index in [2.05, 4.69) is 17.3 Å². The molecule has 0 spiro atoms. The lowest BCUT2D eigenvalue weighted by Crippen LogP contribution is -2.16. The van der Waals surface area contributed by atoms with Gasteiger partial charge in [0.1, 0.15) is 5.82 Å². The van der Waals surface area contributed by atoms with Gasteiger partial charge in [-0.25, -0.2) is 9.67 Å². The summed E-state index contributed by atoms with van der Waals surface area (Å²) >= 11 is 1.61. The van der Waals surface area contributed by atoms with Crippen LogP contribution in [0.15, 0.2) is 60.1 Å². The molecule has 3 heterocycles. The monoisotopic (exact) mass is 362 g/mol. The molecule has 0 radical (unpaired) electrons. The summed E-state index contributed by atoms with van der Waals surface area (Å²) in [6, 6.07) is 15.4. The van der Waals surface area contributed by atoms with E-state index < -0.39 is 0 Å². The van der Waals surface area contributed by atoms with Gasteiger partial charge in [-0.2, -0.15) is 5.10 Å². The molecule has 4 rings (SSSR count). The molecule has 1 aromatic carbocycles. The summed E-state index contributed by atoms with van der Waals surface area (Å²) in [5.74, 6) is 0.551. The van der Waals surface area contributed by atoms with Gasteiger partial charge in [-0.15, -0.1) is 11.3 Å². The number of hydrogen-bond donors (Lipinski definition) is 1. The van der Waals surface area contributed by atoms with Crippen LogP contribution in [0.2, 0.25) is 0 Å². The predicted molar refractivity (Wildman–Crippen MR) is 106 cm³/mol. The van der Waals surface area contributed by atoms with Gasteiger partial charge in [0.2, 0.25) is 0 Å². The average Bonchev–Trinajstić information content (AvgIpc) is 3.34. The summed E-state index contributed by atoms with van der Waals surface area (Å²) in [6.07, 6.45) is 2.65. The van der Waals surface area contributed by atoms with Crippen LogP contribution >= 0.6 is 11.3 Å². The number of benzene rings is 1. The number of anilines is 1. The number of nitrogens with one attached hydrogen (secondary N) is 1. The van der Waals surface area contributed by atoms with Gasteiger partial charge in [-0.1, -0.05) is 31.2 Å². The maximum absolute atomic E-state index is 13.0. The Balaban J connectivity index is 1.77. The molecule has 4 aromatic rings. The summed E-state index contributed by atoms with van der Waals surface area (Å²) < 4.78 is 1.81. The van der Waals surface area contributed by atoms with E-state index in [0.717, 1.165) is 34.4 Å². The number of hydrogen-bond acceptors (Lipinski definition) is 4. The molecule has 5 nitrogen and oxygen atoms in total. The van der Waals surface area contributed by atoms with Gasteiger partial charge in [0.05, 0.1) is 27.8 Å². The molecule has 130 valence electrons. The maximum Gasteiger partial charge on any atom is 0.257 e. The molecule has 26 heavy (non-hydrogen) atoms. The first-order valence-corrected chi connectivity index (χ1v) is 9.41. The molecule has 0 aliphatic carbocycles. The maximum atomic E-state index is 13.0. The average molecular weight is 362 g/mol. The van der Waals surface area contributed by atoms with Gasteiger partial charge in [0.15, 0.2) is 0 Å². The Morgan fingerprint density at radius 1 is 1.19 bits per heavy atom. The van der Waals surface area contributed by atoms with Crippen molar-refractivity contribution in [2.24, 2.45) is 0 Å². The van der Waals surface area contributed by atoms with Gasteiger partial charge in [0.25, 0.3) is 5.91 Å². The second-order valence-corrected chi connectivity index (χ2v) is 6.89. The summed E-state index contributed by atoms with van der Waals surface area (Å²) in [7, 11) is 0. The number of thiophene rings is 1. The third-order valence-electron chi connectivity index (χ3n) is 4.13. The molecule has 0 bridgehead atoms. The minimum absolute atomic E-state index is 0.153. The zero-order valence-corrected chi connectivity index (χ0v) is 15.2. The van der Waals surface area contributed by atoms with Crippen molar-refractivity contribution in [2.45, 2.75) is 19.9 Å². The van der Waals surface area contributed by atoms with Crippen molar-refractivity contribution in [3.8, 4) is 10.6 Å². The number of pyridine rings is 1. The summed E-state index contributed by atoms with van der Waals surface area (Å²) in [5.41, 5.74) is 2.24. The minimum atomic E-state index is -0.153. The van der Waals surface area contributed by atoms with Gasteiger partial charge < -0.3 is 5.32 Å². The summed E-state index contributed by atoms with van der Waals surface area (Å²) in [6.45, 7) is 2.84. The van der Waals surface area contributed by atoms with Crippen molar-refractivity contribution < 1.29 is 4.79 Å². The van der Waals surface area contributed by atoms with Crippen LogP contribution < -0.4 is 5.32 Å². The van der Waals surface area contributed by atoms with Crippen molar-refractivity contribution in [1.82, 2.24) is 14.8 Å². The largest absolute Gasteiger partial charge is 0.307 e. The fraction of sp³-hybridized carbons (Fsp3) is 0.150. The van der Waals surface area contributed by atoms with Crippen molar-refractivity contribution in [1.29, 1.82) is 0 Å². The second kappa shape index (κ2) is 7.09. The fourth-order valence-corrected chi connectivity index (χ4v) is 3.61. The van der Waals surface area contributed by atoms with Crippen LogP contribution in [0.1, 0.15) is 23.7 Å². The third-order valence-corrected chi connectivity index (χ3v) is 5.02. The lowest BCUT2D eigenvalue weighted by molar-refractivity contribution is 0.102. The third kappa shape index (κ3) is 3.11. The summed E-state index contributed by atoms with van der Waals surface area (Å²) in [5, 5.41) is 10.1. The molecular weight excluding hydrogens is 344 g/mol. The molecule has 6 heteroatoms. The lowest BCUT2D eigenvalue weighted by Gasteiger charge is -2.11. The number of para-hydroxylation sites is 1. The molecule has 0 saturated heterocycles. The van der Waals surface area contributed by atoms with Crippen molar-refractivity contribution in [2.75, 3.05) is 5.32 Å². The molecule has 0 unspecified atom stereocenters. The zero-order chi connectivity index (χ0) is 17.9. The smallest absolute Gasteiger partial charge is 0.257 e. The van der Waals surface area contributed by atoms with Gasteiger partial charge >= 0.3 is 0 Å². The van der Waals surface area contributed by atoms with E-state index in [1.54, 1.807) is 17.5 Å². The Morgan fingerprint density at radius 3 is 2.88 bits per heavy atom. The van der Waals surface area contributed by atoms with Gasteiger partial charge in [0, 0.05) is 18.0 Å². The van der Waals surface area contributed by atoms with E-state index in [0.29, 0.717) is 11.4 Å². The number of nitrogens with zero attached hydrogens (tertiary/aromatic N) is 3. The van der Waals surface area contributed by atoms with Crippen LogP contribution in [-0.4, -0.2) is 20.7 Å². The highest BCUT2D eigenvalue weighted by molar-refractivity contribution is 7.13. The minimum Gasteiger partial charge on any atom is -0.307 e. The molecule has 1 N–H and O–H groups in total. The Morgan fingerprint density at radius 2 is 2.08 bits per heavy atom. The van der Waals surface area contributed by atoms with E-state index in [1.807, 2.05) is 58.6 Å². The number of fused-ring (bicyclic) bond motifs is 1. The number of rotatable bonds is 5. The SMILES string of the molecule is CCCn1nccc1NC(=O)c1cc(-c2cccs2)nc2ccccc12. The Bertz CT molecular complexity index is 1050. The number of carbonyl (C=O) groups is 1. The topological polar surface area (TPSA) is 59.8 Å². The molecule has 0 fully saturated rings. The van der Waals surface area contributed by atoms with Crippen LogP contribution in [0, 0.1) is 0 Å². The van der Waals surface area contributed by atoms with Crippen LogP contribution in [0.25, 0.3) is 21.5 Å². The van der Waals surface area contributed by atoms with Crippen LogP contribution in [0.4, 0.5) is 5.82 Å². The molecule has 0 atom stereocenters. The lowest BCUT2D eigenvalue weighted by atomic mass is 10.1. The van der Waals surface area contributed by atoms with Crippen LogP contribution in [-0.2, 0) is 6.54 Å². The summed E-state index contributed by atoms with van der Waals surface area (Å²) in [4.78, 5) is 18.8. The highest BCUT2D eigenvalue weighted by Gasteiger charge is 2.16. The van der Waals surface area contributed by atoms with E-state index >= 15 is 0 Å². The Hall–Kier alpha value is -2.99. The highest BCUT2D eigenvalue weighted by Crippen LogP contribution is 2.28. The standard InChI is InChI=1S/C20H18N4OS/c1-2-11-24-19(9-10-21-24)23-20(25)15-13-17(18-8-5-12-26-18)22-16-7-4-3-6-14(15)16/h3-10,12-13H,2,11H2,1H3,(H,23,25). The number of amides is 1. The molecule has 0 aliphatic rings. The van der Waals surface area contributed by atoms with E-state index in [1.165, 1.54) is 0 Å². The Kier molecular flexibility index (Phi) is 4.50. The number of aromatic nitrogens is 3. The van der Waals surface area contributed by atoms with E-state index in [9.17, 15) is 4.79 Å².